The topological polar surface area (TPSA) is 39.8 Å². The summed E-state index contributed by atoms with van der Waals surface area (Å²) in [5.41, 5.74) is 4.27. The van der Waals surface area contributed by atoms with Gasteiger partial charge in [-0.2, -0.15) is 0 Å². The van der Waals surface area contributed by atoms with Crippen LogP contribution in [0.2, 0.25) is 0 Å². The molecule has 0 amide bonds. The van der Waals surface area contributed by atoms with Gasteiger partial charge in [0, 0.05) is 12.2 Å². The van der Waals surface area contributed by atoms with Gasteiger partial charge in [0.2, 0.25) is 0 Å². The number of hydrogen-bond donors (Lipinski definition) is 0. The zero-order valence-electron chi connectivity index (χ0n) is 15.5. The summed E-state index contributed by atoms with van der Waals surface area (Å²) >= 11 is 0. The maximum Gasteiger partial charge on any atom is 0.267 e. The number of fused-ring (bicyclic) bond motifs is 1. The summed E-state index contributed by atoms with van der Waals surface area (Å²) in [5.74, 6) is 0.241. The molecule has 2 aromatic heterocycles. The van der Waals surface area contributed by atoms with E-state index in [9.17, 15) is 9.18 Å². The molecule has 0 aliphatic rings. The second kappa shape index (κ2) is 6.50. The first-order chi connectivity index (χ1) is 13.0. The van der Waals surface area contributed by atoms with Crippen molar-refractivity contribution < 1.29 is 4.39 Å². The molecule has 5 heteroatoms. The fourth-order valence-corrected chi connectivity index (χ4v) is 3.53. The van der Waals surface area contributed by atoms with Gasteiger partial charge in [0.15, 0.2) is 0 Å². The molecule has 4 aromatic rings. The van der Waals surface area contributed by atoms with Crippen molar-refractivity contribution >= 4 is 11.0 Å². The summed E-state index contributed by atoms with van der Waals surface area (Å²) in [5, 5.41) is 0.610. The van der Waals surface area contributed by atoms with Crippen molar-refractivity contribution in [2.45, 2.75) is 27.3 Å². The molecule has 0 N–H and O–H groups in total. The molecule has 0 atom stereocenters. The summed E-state index contributed by atoms with van der Waals surface area (Å²) in [4.78, 5) is 18.0. The van der Waals surface area contributed by atoms with Crippen molar-refractivity contribution in [2.24, 2.45) is 0 Å². The van der Waals surface area contributed by atoms with Gasteiger partial charge in [0.05, 0.1) is 11.1 Å². The lowest BCUT2D eigenvalue weighted by atomic mass is 10.2. The Hall–Kier alpha value is -3.21. The third kappa shape index (κ3) is 2.85. The van der Waals surface area contributed by atoms with Crippen molar-refractivity contribution in [1.29, 1.82) is 0 Å². The molecule has 0 aliphatic carbocycles. The first-order valence-electron chi connectivity index (χ1n) is 8.86. The third-order valence-corrected chi connectivity index (χ3v) is 5.08. The molecule has 0 fully saturated rings. The van der Waals surface area contributed by atoms with Gasteiger partial charge < -0.3 is 4.57 Å². The number of nitrogens with zero attached hydrogens (tertiary/aromatic N) is 3. The van der Waals surface area contributed by atoms with Gasteiger partial charge >= 0.3 is 0 Å². The highest BCUT2D eigenvalue weighted by molar-refractivity contribution is 5.81. The Morgan fingerprint density at radius 3 is 2.30 bits per heavy atom. The number of benzene rings is 2. The van der Waals surface area contributed by atoms with Crippen molar-refractivity contribution in [3.05, 3.63) is 93.4 Å². The van der Waals surface area contributed by atoms with E-state index in [0.717, 1.165) is 16.8 Å². The zero-order chi connectivity index (χ0) is 19.1. The maximum atomic E-state index is 13.3. The summed E-state index contributed by atoms with van der Waals surface area (Å²) in [7, 11) is 0. The van der Waals surface area contributed by atoms with E-state index in [1.54, 1.807) is 23.6 Å². The van der Waals surface area contributed by atoms with Crippen LogP contribution in [0.4, 0.5) is 4.39 Å². The molecule has 0 aliphatic heterocycles. The molecule has 0 spiro atoms. The van der Waals surface area contributed by atoms with Crippen LogP contribution in [0.15, 0.2) is 59.4 Å². The highest BCUT2D eigenvalue weighted by atomic mass is 19.1. The second-order valence-corrected chi connectivity index (χ2v) is 6.76. The van der Waals surface area contributed by atoms with E-state index in [4.69, 9.17) is 4.98 Å². The average molecular weight is 361 g/mol. The molecule has 4 rings (SSSR count). The smallest absolute Gasteiger partial charge is 0.267 e. The number of hydrogen-bond acceptors (Lipinski definition) is 2. The molecule has 0 radical (unpaired) electrons. The van der Waals surface area contributed by atoms with Crippen LogP contribution >= 0.6 is 0 Å². The van der Waals surface area contributed by atoms with Gasteiger partial charge in [-0.25, -0.2) is 9.37 Å². The summed E-state index contributed by atoms with van der Waals surface area (Å²) in [6.45, 7) is 6.42. The standard InChI is InChI=1S/C22H20FN3O/c1-14-15(2)25(13-17-7-5-4-6-8-17)21-20(14)22(27)26(16(3)24-21)19-11-9-18(23)10-12-19/h4-12H,13H2,1-3H3. The van der Waals surface area contributed by atoms with Gasteiger partial charge in [0.25, 0.3) is 5.56 Å². The molecule has 2 heterocycles. The van der Waals surface area contributed by atoms with Crippen molar-refractivity contribution in [1.82, 2.24) is 14.1 Å². The minimum atomic E-state index is -0.334. The minimum absolute atomic E-state index is 0.128. The van der Waals surface area contributed by atoms with E-state index in [1.165, 1.54) is 12.1 Å². The van der Waals surface area contributed by atoms with E-state index in [0.29, 0.717) is 29.1 Å². The van der Waals surface area contributed by atoms with Gasteiger partial charge in [0.1, 0.15) is 17.3 Å². The van der Waals surface area contributed by atoms with Crippen LogP contribution in [0.1, 0.15) is 22.6 Å². The van der Waals surface area contributed by atoms with Gasteiger partial charge in [-0.1, -0.05) is 30.3 Å². The molecule has 0 saturated carbocycles. The predicted octanol–water partition coefficient (Wildman–Crippen LogP) is 4.30. The number of halogens is 1. The Labute approximate surface area is 156 Å². The maximum absolute atomic E-state index is 13.3. The van der Waals surface area contributed by atoms with Gasteiger partial charge in [-0.05, 0) is 56.2 Å². The van der Waals surface area contributed by atoms with E-state index in [-0.39, 0.29) is 11.4 Å². The molecular formula is C22H20FN3O. The second-order valence-electron chi connectivity index (χ2n) is 6.76. The Balaban J connectivity index is 1.96. The Bertz CT molecular complexity index is 1190. The number of aryl methyl sites for hydroxylation is 2. The molecular weight excluding hydrogens is 341 g/mol. The largest absolute Gasteiger partial charge is 0.325 e. The van der Waals surface area contributed by atoms with Crippen LogP contribution in [-0.4, -0.2) is 14.1 Å². The van der Waals surface area contributed by atoms with Crippen LogP contribution < -0.4 is 5.56 Å². The lowest BCUT2D eigenvalue weighted by molar-refractivity contribution is 0.627. The summed E-state index contributed by atoms with van der Waals surface area (Å²) < 4.78 is 16.9. The molecule has 27 heavy (non-hydrogen) atoms. The van der Waals surface area contributed by atoms with E-state index in [2.05, 4.69) is 16.7 Å². The van der Waals surface area contributed by atoms with Gasteiger partial charge in [-0.15, -0.1) is 0 Å². The Kier molecular flexibility index (Phi) is 4.15. The van der Waals surface area contributed by atoms with Crippen molar-refractivity contribution in [3.63, 3.8) is 0 Å². The van der Waals surface area contributed by atoms with Gasteiger partial charge in [-0.3, -0.25) is 9.36 Å². The SMILES string of the molecule is Cc1c(C)n(Cc2ccccc2)c2nc(C)n(-c3ccc(F)cc3)c(=O)c12. The monoisotopic (exact) mass is 361 g/mol. The number of rotatable bonds is 3. The highest BCUT2D eigenvalue weighted by Gasteiger charge is 2.19. The van der Waals surface area contributed by atoms with E-state index >= 15 is 0 Å². The lowest BCUT2D eigenvalue weighted by Crippen LogP contribution is -2.22. The van der Waals surface area contributed by atoms with E-state index in [1.807, 2.05) is 32.0 Å². The van der Waals surface area contributed by atoms with Crippen LogP contribution in [0, 0.1) is 26.6 Å². The number of aromatic nitrogens is 3. The predicted molar refractivity (Wildman–Crippen MR) is 105 cm³/mol. The highest BCUT2D eigenvalue weighted by Crippen LogP contribution is 2.23. The quantitative estimate of drug-likeness (QED) is 0.546. The fraction of sp³-hybridized carbons (Fsp3) is 0.182. The molecule has 0 bridgehead atoms. The first kappa shape index (κ1) is 17.2. The normalized spacial score (nSPS) is 11.3. The fourth-order valence-electron chi connectivity index (χ4n) is 3.53. The Morgan fingerprint density at radius 2 is 1.63 bits per heavy atom. The first-order valence-corrected chi connectivity index (χ1v) is 8.86. The lowest BCUT2D eigenvalue weighted by Gasteiger charge is -2.12. The molecule has 4 nitrogen and oxygen atoms in total. The van der Waals surface area contributed by atoms with Crippen LogP contribution in [0.5, 0.6) is 0 Å². The van der Waals surface area contributed by atoms with Crippen LogP contribution in [0.3, 0.4) is 0 Å². The van der Waals surface area contributed by atoms with Crippen molar-refractivity contribution in [3.8, 4) is 5.69 Å². The van der Waals surface area contributed by atoms with E-state index < -0.39 is 0 Å². The molecule has 0 unspecified atom stereocenters. The summed E-state index contributed by atoms with van der Waals surface area (Å²) in [6, 6.07) is 16.0. The van der Waals surface area contributed by atoms with Crippen molar-refractivity contribution in [2.75, 3.05) is 0 Å². The van der Waals surface area contributed by atoms with Crippen LogP contribution in [-0.2, 0) is 6.54 Å². The minimum Gasteiger partial charge on any atom is -0.325 e. The average Bonchev–Trinajstić information content (AvgIpc) is 2.89. The Morgan fingerprint density at radius 1 is 0.963 bits per heavy atom. The van der Waals surface area contributed by atoms with Crippen LogP contribution in [0.25, 0.3) is 16.7 Å². The molecule has 136 valence electrons. The molecule has 0 saturated heterocycles. The summed E-state index contributed by atoms with van der Waals surface area (Å²) in [6.07, 6.45) is 0. The third-order valence-electron chi connectivity index (χ3n) is 5.08. The zero-order valence-corrected chi connectivity index (χ0v) is 15.5. The molecule has 2 aromatic carbocycles.